The maximum atomic E-state index is 13.6. The Kier molecular flexibility index (Phi) is 2.56. The van der Waals surface area contributed by atoms with Crippen molar-refractivity contribution in [2.24, 2.45) is 0 Å². The van der Waals surface area contributed by atoms with Crippen LogP contribution in [-0.4, -0.2) is 9.97 Å². The summed E-state index contributed by atoms with van der Waals surface area (Å²) in [7, 11) is 0. The number of nitrogens with zero attached hydrogens (tertiary/aromatic N) is 1. The lowest BCUT2D eigenvalue weighted by molar-refractivity contribution is 0.596. The molecule has 5 heteroatoms. The van der Waals surface area contributed by atoms with E-state index in [1.165, 1.54) is 0 Å². The van der Waals surface area contributed by atoms with Crippen LogP contribution >= 0.6 is 15.9 Å². The van der Waals surface area contributed by atoms with Crippen LogP contribution in [0.5, 0.6) is 0 Å². The van der Waals surface area contributed by atoms with Crippen molar-refractivity contribution in [3.8, 4) is 11.4 Å². The van der Waals surface area contributed by atoms with Crippen LogP contribution in [0.2, 0.25) is 0 Å². The molecule has 2 nitrogen and oxygen atoms in total. The van der Waals surface area contributed by atoms with Gasteiger partial charge in [-0.3, -0.25) is 0 Å². The van der Waals surface area contributed by atoms with Crippen LogP contribution in [0.25, 0.3) is 11.4 Å². The average molecular weight is 273 g/mol. The van der Waals surface area contributed by atoms with Gasteiger partial charge < -0.3 is 4.98 Å². The minimum atomic E-state index is -0.522. The summed E-state index contributed by atoms with van der Waals surface area (Å²) >= 11 is 2.94. The van der Waals surface area contributed by atoms with Gasteiger partial charge in [0.1, 0.15) is 17.5 Å². The number of aromatic amines is 1. The monoisotopic (exact) mass is 272 g/mol. The Morgan fingerprint density at radius 1 is 1.33 bits per heavy atom. The van der Waals surface area contributed by atoms with E-state index in [0.717, 1.165) is 17.8 Å². The highest BCUT2D eigenvalue weighted by molar-refractivity contribution is 9.10. The summed E-state index contributed by atoms with van der Waals surface area (Å²) in [4.78, 5) is 6.80. The fraction of sp³-hybridized carbons (Fsp3) is 0.100. The number of H-pyrrole nitrogens is 1. The summed E-state index contributed by atoms with van der Waals surface area (Å²) in [5.74, 6) is -0.705. The molecule has 1 heterocycles. The number of aryl methyl sites for hydroxylation is 1. The number of rotatable bonds is 1. The molecule has 15 heavy (non-hydrogen) atoms. The third-order valence-electron chi connectivity index (χ3n) is 1.95. The fourth-order valence-corrected chi connectivity index (χ4v) is 1.71. The summed E-state index contributed by atoms with van der Waals surface area (Å²) in [6, 6.07) is 2.19. The quantitative estimate of drug-likeness (QED) is 0.792. The molecule has 0 spiro atoms. The normalized spacial score (nSPS) is 10.7. The van der Waals surface area contributed by atoms with Gasteiger partial charge in [0.25, 0.3) is 0 Å². The number of benzene rings is 1. The Morgan fingerprint density at radius 3 is 2.67 bits per heavy atom. The second kappa shape index (κ2) is 3.73. The van der Waals surface area contributed by atoms with E-state index in [2.05, 4.69) is 25.9 Å². The average Bonchev–Trinajstić information content (AvgIpc) is 2.58. The summed E-state index contributed by atoms with van der Waals surface area (Å²) in [6.45, 7) is 1.79. The predicted molar refractivity (Wildman–Crippen MR) is 56.4 cm³/mol. The molecular weight excluding hydrogens is 266 g/mol. The van der Waals surface area contributed by atoms with E-state index < -0.39 is 11.6 Å². The topological polar surface area (TPSA) is 28.7 Å². The Morgan fingerprint density at radius 2 is 2.07 bits per heavy atom. The van der Waals surface area contributed by atoms with Gasteiger partial charge in [-0.15, -0.1) is 0 Å². The van der Waals surface area contributed by atoms with Gasteiger partial charge >= 0.3 is 0 Å². The lowest BCUT2D eigenvalue weighted by Gasteiger charge is -2.02. The Labute approximate surface area is 93.5 Å². The lowest BCUT2D eigenvalue weighted by Crippen LogP contribution is -1.90. The van der Waals surface area contributed by atoms with Gasteiger partial charge in [-0.2, -0.15) is 0 Å². The number of hydrogen-bond donors (Lipinski definition) is 1. The molecule has 0 amide bonds. The van der Waals surface area contributed by atoms with E-state index in [9.17, 15) is 8.78 Å². The molecule has 2 aromatic rings. The van der Waals surface area contributed by atoms with Gasteiger partial charge in [-0.1, -0.05) is 0 Å². The third-order valence-corrected chi connectivity index (χ3v) is 2.53. The smallest absolute Gasteiger partial charge is 0.148 e. The first kappa shape index (κ1) is 10.3. The van der Waals surface area contributed by atoms with Crippen LogP contribution in [0.15, 0.2) is 22.8 Å². The molecule has 0 atom stereocenters. The van der Waals surface area contributed by atoms with Crippen molar-refractivity contribution >= 4 is 15.9 Å². The van der Waals surface area contributed by atoms with Gasteiger partial charge in [-0.05, 0) is 35.0 Å². The molecule has 0 unspecified atom stereocenters. The molecule has 0 saturated carbocycles. The maximum Gasteiger partial charge on any atom is 0.148 e. The summed E-state index contributed by atoms with van der Waals surface area (Å²) < 4.78 is 26.8. The van der Waals surface area contributed by atoms with Crippen LogP contribution in [0.1, 0.15) is 5.69 Å². The van der Waals surface area contributed by atoms with E-state index in [-0.39, 0.29) is 10.0 Å². The first-order valence-electron chi connectivity index (χ1n) is 4.24. The highest BCUT2D eigenvalue weighted by Crippen LogP contribution is 2.27. The molecule has 1 N–H and O–H groups in total. The second-order valence-corrected chi connectivity index (χ2v) is 4.02. The van der Waals surface area contributed by atoms with E-state index in [0.29, 0.717) is 5.82 Å². The molecule has 0 saturated heterocycles. The zero-order chi connectivity index (χ0) is 11.0. The number of nitrogens with one attached hydrogen (secondary N) is 1. The van der Waals surface area contributed by atoms with Crippen molar-refractivity contribution in [1.29, 1.82) is 0 Å². The van der Waals surface area contributed by atoms with Crippen LogP contribution in [0.4, 0.5) is 8.78 Å². The summed E-state index contributed by atoms with van der Waals surface area (Å²) in [6.07, 6.45) is 1.56. The van der Waals surface area contributed by atoms with Crippen molar-refractivity contribution in [3.63, 3.8) is 0 Å². The fourth-order valence-electron chi connectivity index (χ4n) is 1.28. The number of halogens is 3. The Bertz CT molecular complexity index is 508. The highest BCUT2D eigenvalue weighted by Gasteiger charge is 2.13. The number of aromatic nitrogens is 2. The van der Waals surface area contributed by atoms with Crippen molar-refractivity contribution < 1.29 is 8.78 Å². The van der Waals surface area contributed by atoms with Crippen molar-refractivity contribution in [2.75, 3.05) is 0 Å². The summed E-state index contributed by atoms with van der Waals surface area (Å²) in [5.41, 5.74) is 0.916. The van der Waals surface area contributed by atoms with Crippen LogP contribution in [-0.2, 0) is 0 Å². The summed E-state index contributed by atoms with van der Waals surface area (Å²) in [5, 5.41) is 0. The molecule has 0 fully saturated rings. The largest absolute Gasteiger partial charge is 0.342 e. The predicted octanol–water partition coefficient (Wildman–Crippen LogP) is 3.43. The molecule has 2 rings (SSSR count). The van der Waals surface area contributed by atoms with Crippen molar-refractivity contribution in [1.82, 2.24) is 9.97 Å². The molecule has 0 aliphatic carbocycles. The SMILES string of the molecule is Cc1cnc(-c2cc(F)cc(Br)c2F)[nH]1. The second-order valence-electron chi connectivity index (χ2n) is 3.16. The maximum absolute atomic E-state index is 13.6. The minimum absolute atomic E-state index is 0.0894. The van der Waals surface area contributed by atoms with Gasteiger partial charge in [-0.25, -0.2) is 13.8 Å². The highest BCUT2D eigenvalue weighted by atomic mass is 79.9. The van der Waals surface area contributed by atoms with E-state index in [4.69, 9.17) is 0 Å². The van der Waals surface area contributed by atoms with Crippen LogP contribution < -0.4 is 0 Å². The third kappa shape index (κ3) is 1.92. The molecule has 0 radical (unpaired) electrons. The Balaban J connectivity index is 2.62. The van der Waals surface area contributed by atoms with Gasteiger partial charge in [0.05, 0.1) is 10.0 Å². The zero-order valence-electron chi connectivity index (χ0n) is 7.81. The molecule has 0 aliphatic heterocycles. The van der Waals surface area contributed by atoms with Gasteiger partial charge in [0.15, 0.2) is 0 Å². The van der Waals surface area contributed by atoms with E-state index >= 15 is 0 Å². The standard InChI is InChI=1S/C10H7BrF2N2/c1-5-4-14-10(15-5)7-2-6(12)3-8(11)9(7)13/h2-4H,1H3,(H,14,15). The molecule has 1 aromatic carbocycles. The number of imidazole rings is 1. The van der Waals surface area contributed by atoms with Gasteiger partial charge in [0, 0.05) is 11.9 Å². The van der Waals surface area contributed by atoms with Gasteiger partial charge in [0.2, 0.25) is 0 Å². The molecular formula is C10H7BrF2N2. The van der Waals surface area contributed by atoms with Crippen molar-refractivity contribution in [2.45, 2.75) is 6.92 Å². The first-order chi connectivity index (χ1) is 7.08. The van der Waals surface area contributed by atoms with Crippen molar-refractivity contribution in [3.05, 3.63) is 40.1 Å². The molecule has 0 aliphatic rings. The van der Waals surface area contributed by atoms with E-state index in [1.54, 1.807) is 13.1 Å². The first-order valence-corrected chi connectivity index (χ1v) is 5.04. The molecule has 1 aromatic heterocycles. The number of hydrogen-bond acceptors (Lipinski definition) is 1. The minimum Gasteiger partial charge on any atom is -0.342 e. The molecule has 0 bridgehead atoms. The zero-order valence-corrected chi connectivity index (χ0v) is 9.40. The molecule has 78 valence electrons. The van der Waals surface area contributed by atoms with Crippen LogP contribution in [0.3, 0.4) is 0 Å². The van der Waals surface area contributed by atoms with E-state index in [1.807, 2.05) is 0 Å². The Hall–Kier alpha value is -1.23. The van der Waals surface area contributed by atoms with Crippen LogP contribution in [0, 0.1) is 18.6 Å². The lowest BCUT2D eigenvalue weighted by atomic mass is 10.2.